The average Bonchev–Trinajstić information content (AvgIpc) is 2.91. The minimum absolute atomic E-state index is 0.00474. The van der Waals surface area contributed by atoms with Crippen LogP contribution in [0.2, 0.25) is 5.02 Å². The Balaban J connectivity index is 1.51. The normalized spacial score (nSPS) is 13.4. The number of nitro groups is 1. The number of aromatic nitrogens is 1. The van der Waals surface area contributed by atoms with Crippen LogP contribution in [0.5, 0.6) is 0 Å². The molecule has 1 N–H and O–H groups in total. The molecule has 1 amide bonds. The van der Waals surface area contributed by atoms with Gasteiger partial charge in [-0.2, -0.15) is 0 Å². The van der Waals surface area contributed by atoms with E-state index in [-0.39, 0.29) is 16.4 Å². The number of para-hydroxylation sites is 1. The second kappa shape index (κ2) is 10.4. The number of aryl methyl sites for hydroxylation is 1. The quantitative estimate of drug-likeness (QED) is 0.185. The van der Waals surface area contributed by atoms with Gasteiger partial charge in [0.25, 0.3) is 11.6 Å². The Labute approximate surface area is 217 Å². The summed E-state index contributed by atoms with van der Waals surface area (Å²) in [6.07, 6.45) is 2.14. The summed E-state index contributed by atoms with van der Waals surface area (Å²) in [5.41, 5.74) is 3.31. The zero-order valence-corrected chi connectivity index (χ0v) is 20.4. The van der Waals surface area contributed by atoms with Gasteiger partial charge in [-0.05, 0) is 43.4 Å². The summed E-state index contributed by atoms with van der Waals surface area (Å²) in [7, 11) is 0. The molecular formula is C28H22ClN3O5. The third-order valence-corrected chi connectivity index (χ3v) is 6.67. The zero-order chi connectivity index (χ0) is 25.9. The highest BCUT2D eigenvalue weighted by Gasteiger charge is 2.30. The summed E-state index contributed by atoms with van der Waals surface area (Å²) >= 11 is 6.18. The first-order valence-corrected chi connectivity index (χ1v) is 12.2. The van der Waals surface area contributed by atoms with E-state index in [2.05, 4.69) is 5.32 Å². The van der Waals surface area contributed by atoms with Crippen molar-refractivity contribution in [3.05, 3.63) is 110 Å². The maximum Gasteiger partial charge on any atom is 0.340 e. The number of hydrogen-bond donors (Lipinski definition) is 1. The van der Waals surface area contributed by atoms with E-state index in [1.54, 1.807) is 30.3 Å². The molecule has 1 heterocycles. The summed E-state index contributed by atoms with van der Waals surface area (Å²) in [6.45, 7) is 0. The lowest BCUT2D eigenvalue weighted by atomic mass is 9.90. The van der Waals surface area contributed by atoms with Crippen LogP contribution in [-0.4, -0.2) is 21.8 Å². The number of anilines is 1. The van der Waals surface area contributed by atoms with Crippen molar-refractivity contribution < 1.29 is 19.2 Å². The third kappa shape index (κ3) is 5.01. The number of benzene rings is 3. The van der Waals surface area contributed by atoms with Gasteiger partial charge in [0.05, 0.1) is 26.7 Å². The van der Waals surface area contributed by atoms with E-state index < -0.39 is 22.9 Å². The van der Waals surface area contributed by atoms with Crippen molar-refractivity contribution in [1.29, 1.82) is 0 Å². The summed E-state index contributed by atoms with van der Waals surface area (Å²) in [5, 5.41) is 14.4. The van der Waals surface area contributed by atoms with Crippen LogP contribution >= 0.6 is 11.6 Å². The third-order valence-electron chi connectivity index (χ3n) is 6.36. The molecule has 0 fully saturated rings. The molecule has 8 nitrogen and oxygen atoms in total. The van der Waals surface area contributed by atoms with Crippen LogP contribution < -0.4 is 5.32 Å². The Morgan fingerprint density at radius 1 is 1.00 bits per heavy atom. The summed E-state index contributed by atoms with van der Waals surface area (Å²) in [5.74, 6) is -1.25. The molecule has 1 aliphatic rings. The van der Waals surface area contributed by atoms with Gasteiger partial charge in [0, 0.05) is 28.8 Å². The number of nitrogens with one attached hydrogen (secondary N) is 1. The molecule has 0 saturated heterocycles. The molecule has 1 atom stereocenters. The van der Waals surface area contributed by atoms with E-state index >= 15 is 0 Å². The van der Waals surface area contributed by atoms with Crippen LogP contribution in [0.1, 0.15) is 46.1 Å². The molecule has 3 aromatic carbocycles. The largest absolute Gasteiger partial charge is 0.444 e. The molecule has 0 radical (unpaired) electrons. The van der Waals surface area contributed by atoms with E-state index in [0.717, 1.165) is 36.6 Å². The van der Waals surface area contributed by atoms with Gasteiger partial charge in [0.1, 0.15) is 0 Å². The Morgan fingerprint density at radius 3 is 2.49 bits per heavy atom. The first-order chi connectivity index (χ1) is 17.9. The Kier molecular flexibility index (Phi) is 6.83. The van der Waals surface area contributed by atoms with Crippen molar-refractivity contribution in [2.45, 2.75) is 31.8 Å². The van der Waals surface area contributed by atoms with Crippen LogP contribution in [0.4, 0.5) is 11.4 Å². The Bertz CT molecular complexity index is 1520. The maximum atomic E-state index is 13.7. The number of non-ortho nitro benzene ring substituents is 1. The minimum atomic E-state index is -1.29. The fraction of sp³-hybridized carbons (Fsp3) is 0.179. The Hall–Kier alpha value is -4.30. The molecule has 1 unspecified atom stereocenters. The van der Waals surface area contributed by atoms with E-state index in [1.165, 1.54) is 12.1 Å². The Morgan fingerprint density at radius 2 is 1.73 bits per heavy atom. The molecule has 0 saturated carbocycles. The molecular weight excluding hydrogens is 494 g/mol. The first-order valence-electron chi connectivity index (χ1n) is 11.8. The van der Waals surface area contributed by atoms with Crippen LogP contribution in [0, 0.1) is 10.1 Å². The molecule has 0 bridgehead atoms. The predicted molar refractivity (Wildman–Crippen MR) is 140 cm³/mol. The lowest BCUT2D eigenvalue weighted by Gasteiger charge is -2.22. The van der Waals surface area contributed by atoms with Crippen LogP contribution in [0.25, 0.3) is 10.9 Å². The molecule has 1 aromatic heterocycles. The van der Waals surface area contributed by atoms with Crippen molar-refractivity contribution in [1.82, 2.24) is 4.98 Å². The van der Waals surface area contributed by atoms with Crippen LogP contribution in [-0.2, 0) is 22.4 Å². The first kappa shape index (κ1) is 24.4. The van der Waals surface area contributed by atoms with Gasteiger partial charge >= 0.3 is 5.97 Å². The molecule has 37 heavy (non-hydrogen) atoms. The van der Waals surface area contributed by atoms with E-state index in [9.17, 15) is 19.7 Å². The van der Waals surface area contributed by atoms with E-state index in [0.29, 0.717) is 28.5 Å². The maximum absolute atomic E-state index is 13.7. The molecule has 4 aromatic rings. The van der Waals surface area contributed by atoms with Gasteiger partial charge in [-0.15, -0.1) is 0 Å². The number of nitro benzene ring substituents is 1. The fourth-order valence-corrected chi connectivity index (χ4v) is 4.81. The van der Waals surface area contributed by atoms with Crippen molar-refractivity contribution in [2.24, 2.45) is 0 Å². The number of amides is 1. The van der Waals surface area contributed by atoms with E-state index in [4.69, 9.17) is 21.3 Å². The zero-order valence-electron chi connectivity index (χ0n) is 19.6. The molecule has 0 spiro atoms. The average molecular weight is 516 g/mol. The minimum Gasteiger partial charge on any atom is -0.444 e. The fourth-order valence-electron chi connectivity index (χ4n) is 4.59. The van der Waals surface area contributed by atoms with Crippen molar-refractivity contribution >= 4 is 45.8 Å². The van der Waals surface area contributed by atoms with E-state index in [1.807, 2.05) is 24.3 Å². The topological polar surface area (TPSA) is 111 Å². The smallest absolute Gasteiger partial charge is 0.340 e. The summed E-state index contributed by atoms with van der Waals surface area (Å²) < 4.78 is 5.90. The van der Waals surface area contributed by atoms with Crippen molar-refractivity contribution in [2.75, 3.05) is 5.32 Å². The van der Waals surface area contributed by atoms with Gasteiger partial charge < -0.3 is 10.1 Å². The summed E-state index contributed by atoms with van der Waals surface area (Å²) in [4.78, 5) is 42.4. The number of ether oxygens (including phenoxy) is 1. The highest BCUT2D eigenvalue weighted by atomic mass is 35.5. The number of carbonyl (C=O) groups is 2. The second-order valence-electron chi connectivity index (χ2n) is 8.74. The molecule has 9 heteroatoms. The van der Waals surface area contributed by atoms with Gasteiger partial charge in [0.15, 0.2) is 0 Å². The number of fused-ring (bicyclic) bond motifs is 2. The predicted octanol–water partition coefficient (Wildman–Crippen LogP) is 6.21. The van der Waals surface area contributed by atoms with Crippen LogP contribution in [0.3, 0.4) is 0 Å². The monoisotopic (exact) mass is 515 g/mol. The molecule has 0 aliphatic heterocycles. The van der Waals surface area contributed by atoms with Gasteiger partial charge in [-0.25, -0.2) is 4.79 Å². The summed E-state index contributed by atoms with van der Waals surface area (Å²) in [6, 6.07) is 19.8. The second-order valence-corrected chi connectivity index (χ2v) is 9.15. The molecule has 1 aliphatic carbocycles. The lowest BCUT2D eigenvalue weighted by Crippen LogP contribution is -2.27. The number of pyridine rings is 1. The standard InChI is InChI=1S/C28H22ClN3O5/c29-21-16-18(32(35)36)14-15-24(21)31-27(33)26(17-8-2-1-3-9-17)37-28(34)25-19-10-4-6-12-22(19)30-23-13-7-5-11-20(23)25/h1-4,6,8-10,12,14-16,26H,5,7,11,13H2,(H,31,33). The van der Waals surface area contributed by atoms with Gasteiger partial charge in [-0.3, -0.25) is 19.9 Å². The number of esters is 1. The number of rotatable bonds is 6. The van der Waals surface area contributed by atoms with Crippen molar-refractivity contribution in [3.63, 3.8) is 0 Å². The highest BCUT2D eigenvalue weighted by molar-refractivity contribution is 6.34. The van der Waals surface area contributed by atoms with Crippen molar-refractivity contribution in [3.8, 4) is 0 Å². The number of carbonyl (C=O) groups excluding carboxylic acids is 2. The van der Waals surface area contributed by atoms with Crippen LogP contribution in [0.15, 0.2) is 72.8 Å². The van der Waals surface area contributed by atoms with Gasteiger partial charge in [0.2, 0.25) is 6.10 Å². The lowest BCUT2D eigenvalue weighted by molar-refractivity contribution is -0.384. The number of hydrogen-bond acceptors (Lipinski definition) is 6. The highest BCUT2D eigenvalue weighted by Crippen LogP contribution is 2.32. The number of nitrogens with zero attached hydrogens (tertiary/aromatic N) is 2. The molecule has 5 rings (SSSR count). The SMILES string of the molecule is O=C(OC(C(=O)Nc1ccc([N+](=O)[O-])cc1Cl)c1ccccc1)c1c2c(nc3ccccc13)CCCC2. The molecule has 186 valence electrons. The number of halogens is 1. The van der Waals surface area contributed by atoms with Gasteiger partial charge in [-0.1, -0.05) is 60.1 Å².